The van der Waals surface area contributed by atoms with E-state index in [1.165, 1.54) is 32.1 Å². The molecule has 0 saturated heterocycles. The Balaban J connectivity index is 1.51. The molecule has 0 radical (unpaired) electrons. The molecule has 0 spiro atoms. The van der Waals surface area contributed by atoms with Gasteiger partial charge in [0.1, 0.15) is 5.75 Å². The number of unbranched alkanes of at least 4 members (excludes halogenated alkanes) is 2. The summed E-state index contributed by atoms with van der Waals surface area (Å²) < 4.78 is 11.8. The first-order valence-corrected chi connectivity index (χ1v) is 15.1. The van der Waals surface area contributed by atoms with E-state index in [0.717, 1.165) is 48.1 Å². The van der Waals surface area contributed by atoms with Crippen LogP contribution in [0.15, 0.2) is 40.9 Å². The van der Waals surface area contributed by atoms with Gasteiger partial charge < -0.3 is 20.1 Å². The molecular weight excluding hydrogens is 558 g/mol. The van der Waals surface area contributed by atoms with Crippen LogP contribution in [-0.2, 0) is 16.1 Å². The quantitative estimate of drug-likeness (QED) is 0.143. The second-order valence-corrected chi connectivity index (χ2v) is 11.0. The zero-order valence-electron chi connectivity index (χ0n) is 23.7. The molecule has 1 aliphatic rings. The van der Waals surface area contributed by atoms with Gasteiger partial charge in [0.25, 0.3) is 0 Å². The number of ether oxygens (including phenoxy) is 2. The van der Waals surface area contributed by atoms with E-state index in [9.17, 15) is 9.59 Å². The van der Waals surface area contributed by atoms with Crippen molar-refractivity contribution >= 4 is 39.2 Å². The van der Waals surface area contributed by atoms with Crippen molar-refractivity contribution in [3.63, 3.8) is 0 Å². The molecule has 0 aromatic heterocycles. The standard InChI is InChI=1S/C31H44BrN3O4/c1-4-29(36)35(27-16-10-11-17-28(27)38-3)18-12-7-13-19-39-31(37)23-20-24(30(33)26(32)21-23)22-34(5-2)25-14-8-6-9-15-25/h10-11,16-17,20-21,25H,4-9,12-15,18-19,22,33H2,1-3H3. The Morgan fingerprint density at radius 3 is 2.49 bits per heavy atom. The molecule has 39 heavy (non-hydrogen) atoms. The minimum absolute atomic E-state index is 0.0563. The van der Waals surface area contributed by atoms with Gasteiger partial charge >= 0.3 is 5.97 Å². The SMILES string of the molecule is CCC(=O)N(CCCCCOC(=O)c1cc(Br)c(N)c(CN(CC)C2CCCCC2)c1)c1ccccc1OC. The van der Waals surface area contributed by atoms with Crippen molar-refractivity contribution < 1.29 is 19.1 Å². The van der Waals surface area contributed by atoms with Crippen LogP contribution < -0.4 is 15.4 Å². The van der Waals surface area contributed by atoms with Crippen molar-refractivity contribution in [3.05, 3.63) is 52.0 Å². The molecule has 0 atom stereocenters. The monoisotopic (exact) mass is 601 g/mol. The number of hydrogen-bond acceptors (Lipinski definition) is 6. The van der Waals surface area contributed by atoms with Gasteiger partial charge in [0.15, 0.2) is 0 Å². The molecule has 0 aliphatic heterocycles. The molecule has 214 valence electrons. The maximum absolute atomic E-state index is 12.9. The Morgan fingerprint density at radius 2 is 1.79 bits per heavy atom. The number of nitrogen functional groups attached to an aromatic ring is 1. The number of para-hydroxylation sites is 2. The van der Waals surface area contributed by atoms with Crippen LogP contribution in [0.25, 0.3) is 0 Å². The van der Waals surface area contributed by atoms with Crippen molar-refractivity contribution in [3.8, 4) is 5.75 Å². The number of methoxy groups -OCH3 is 1. The molecular formula is C31H44BrN3O4. The van der Waals surface area contributed by atoms with Gasteiger partial charge in [0, 0.05) is 30.0 Å². The number of amides is 1. The number of halogens is 1. The number of nitrogens with two attached hydrogens (primary N) is 1. The van der Waals surface area contributed by atoms with Crippen molar-refractivity contribution in [1.82, 2.24) is 4.90 Å². The van der Waals surface area contributed by atoms with Crippen molar-refractivity contribution in [2.24, 2.45) is 0 Å². The molecule has 3 rings (SSSR count). The predicted octanol–water partition coefficient (Wildman–Crippen LogP) is 6.96. The number of carbonyl (C=O) groups excluding carboxylic acids is 2. The summed E-state index contributed by atoms with van der Waals surface area (Å²) >= 11 is 3.54. The van der Waals surface area contributed by atoms with Crippen LogP contribution in [0.2, 0.25) is 0 Å². The highest BCUT2D eigenvalue weighted by molar-refractivity contribution is 9.10. The Labute approximate surface area is 242 Å². The van der Waals surface area contributed by atoms with Gasteiger partial charge in [-0.25, -0.2) is 4.79 Å². The summed E-state index contributed by atoms with van der Waals surface area (Å²) in [4.78, 5) is 29.7. The van der Waals surface area contributed by atoms with Crippen LogP contribution in [0.1, 0.15) is 87.6 Å². The van der Waals surface area contributed by atoms with E-state index in [1.54, 1.807) is 18.1 Å². The highest BCUT2D eigenvalue weighted by Crippen LogP contribution is 2.31. The number of anilines is 2. The first-order chi connectivity index (χ1) is 18.9. The van der Waals surface area contributed by atoms with Gasteiger partial charge in [-0.1, -0.05) is 45.2 Å². The molecule has 0 unspecified atom stereocenters. The van der Waals surface area contributed by atoms with Gasteiger partial charge in [0.05, 0.1) is 30.7 Å². The molecule has 8 heteroatoms. The Hall–Kier alpha value is -2.58. The molecule has 1 aliphatic carbocycles. The fraction of sp³-hybridized carbons (Fsp3) is 0.548. The molecule has 1 fully saturated rings. The lowest BCUT2D eigenvalue weighted by Crippen LogP contribution is -2.36. The summed E-state index contributed by atoms with van der Waals surface area (Å²) in [6.07, 6.45) is 9.10. The Bertz CT molecular complexity index is 1090. The zero-order chi connectivity index (χ0) is 28.2. The number of rotatable bonds is 14. The van der Waals surface area contributed by atoms with Gasteiger partial charge in [-0.2, -0.15) is 0 Å². The number of esters is 1. The van der Waals surface area contributed by atoms with Crippen LogP contribution in [-0.4, -0.2) is 49.6 Å². The lowest BCUT2D eigenvalue weighted by Gasteiger charge is -2.34. The summed E-state index contributed by atoms with van der Waals surface area (Å²) in [5.74, 6) is 0.401. The maximum atomic E-state index is 12.9. The third kappa shape index (κ3) is 8.70. The highest BCUT2D eigenvalue weighted by Gasteiger charge is 2.22. The molecule has 1 amide bonds. The smallest absolute Gasteiger partial charge is 0.338 e. The Kier molecular flexibility index (Phi) is 12.6. The zero-order valence-corrected chi connectivity index (χ0v) is 25.3. The summed E-state index contributed by atoms with van der Waals surface area (Å²) in [6, 6.07) is 11.8. The molecule has 1 saturated carbocycles. The van der Waals surface area contributed by atoms with Crippen LogP contribution in [0.4, 0.5) is 11.4 Å². The second-order valence-electron chi connectivity index (χ2n) is 10.2. The van der Waals surface area contributed by atoms with Crippen LogP contribution in [0, 0.1) is 0 Å². The minimum atomic E-state index is -0.338. The first kappa shape index (κ1) is 31.0. The van der Waals surface area contributed by atoms with E-state index in [1.807, 2.05) is 37.3 Å². The molecule has 0 heterocycles. The third-order valence-electron chi connectivity index (χ3n) is 7.56. The highest BCUT2D eigenvalue weighted by atomic mass is 79.9. The number of hydrogen-bond donors (Lipinski definition) is 1. The number of benzene rings is 2. The molecule has 0 bridgehead atoms. The largest absolute Gasteiger partial charge is 0.495 e. The van der Waals surface area contributed by atoms with E-state index in [2.05, 4.69) is 27.8 Å². The second kappa shape index (κ2) is 15.9. The molecule has 2 N–H and O–H groups in total. The first-order valence-electron chi connectivity index (χ1n) is 14.3. The summed E-state index contributed by atoms with van der Waals surface area (Å²) in [7, 11) is 1.61. The average Bonchev–Trinajstić information content (AvgIpc) is 2.97. The van der Waals surface area contributed by atoms with Crippen LogP contribution in [0.5, 0.6) is 5.75 Å². The van der Waals surface area contributed by atoms with Crippen LogP contribution in [0.3, 0.4) is 0 Å². The van der Waals surface area contributed by atoms with Gasteiger partial charge in [-0.05, 0) is 84.4 Å². The van der Waals surface area contributed by atoms with E-state index in [-0.39, 0.29) is 11.9 Å². The van der Waals surface area contributed by atoms with Gasteiger partial charge in [0.2, 0.25) is 5.91 Å². The minimum Gasteiger partial charge on any atom is -0.495 e. The average molecular weight is 603 g/mol. The van der Waals surface area contributed by atoms with E-state index < -0.39 is 0 Å². The van der Waals surface area contributed by atoms with E-state index >= 15 is 0 Å². The molecule has 2 aromatic rings. The molecule has 2 aromatic carbocycles. The Morgan fingerprint density at radius 1 is 1.05 bits per heavy atom. The van der Waals surface area contributed by atoms with Crippen molar-refractivity contribution in [2.45, 2.75) is 84.2 Å². The van der Waals surface area contributed by atoms with Gasteiger partial charge in [-0.15, -0.1) is 0 Å². The maximum Gasteiger partial charge on any atom is 0.338 e. The fourth-order valence-corrected chi connectivity index (χ4v) is 5.81. The predicted molar refractivity (Wildman–Crippen MR) is 161 cm³/mol. The van der Waals surface area contributed by atoms with Crippen LogP contribution >= 0.6 is 15.9 Å². The summed E-state index contributed by atoms with van der Waals surface area (Å²) in [5.41, 5.74) is 9.34. The topological polar surface area (TPSA) is 85.1 Å². The fourth-order valence-electron chi connectivity index (χ4n) is 5.31. The third-order valence-corrected chi connectivity index (χ3v) is 8.22. The van der Waals surface area contributed by atoms with E-state index in [0.29, 0.717) is 42.6 Å². The summed E-state index contributed by atoms with van der Waals surface area (Å²) in [5, 5.41) is 0. The number of carbonyl (C=O) groups is 2. The van der Waals surface area contributed by atoms with Crippen molar-refractivity contribution in [1.29, 1.82) is 0 Å². The lowest BCUT2D eigenvalue weighted by atomic mass is 9.93. The van der Waals surface area contributed by atoms with Crippen molar-refractivity contribution in [2.75, 3.05) is 37.4 Å². The van der Waals surface area contributed by atoms with E-state index in [4.69, 9.17) is 15.2 Å². The number of nitrogens with zero attached hydrogens (tertiary/aromatic N) is 2. The normalized spacial score (nSPS) is 13.9. The summed E-state index contributed by atoms with van der Waals surface area (Å²) in [6.45, 7) is 6.65. The van der Waals surface area contributed by atoms with Gasteiger partial charge in [-0.3, -0.25) is 9.69 Å². The lowest BCUT2D eigenvalue weighted by molar-refractivity contribution is -0.118. The molecule has 7 nitrogen and oxygen atoms in total.